The van der Waals surface area contributed by atoms with Gasteiger partial charge >= 0.3 is 6.03 Å². The molecule has 0 saturated heterocycles. The van der Waals surface area contributed by atoms with Crippen molar-refractivity contribution in [2.24, 2.45) is 0 Å². The SMILES string of the molecule is CCc1noc([C@@H](C)NC(=O)Nc2ccccc2CCc2ccccn2)n1. The number of amides is 2. The average Bonchev–Trinajstić information content (AvgIpc) is 3.17. The summed E-state index contributed by atoms with van der Waals surface area (Å²) >= 11 is 0. The second-order valence-corrected chi connectivity index (χ2v) is 6.20. The van der Waals surface area contributed by atoms with Crippen molar-refractivity contribution in [2.45, 2.75) is 39.2 Å². The summed E-state index contributed by atoms with van der Waals surface area (Å²) in [5, 5.41) is 9.58. The molecule has 3 rings (SSSR count). The molecule has 1 aromatic carbocycles. The first kappa shape index (κ1) is 18.6. The maximum atomic E-state index is 12.4. The van der Waals surface area contributed by atoms with Crippen LogP contribution in [0, 0.1) is 0 Å². The highest BCUT2D eigenvalue weighted by Gasteiger charge is 2.16. The highest BCUT2D eigenvalue weighted by molar-refractivity contribution is 5.90. The van der Waals surface area contributed by atoms with E-state index in [9.17, 15) is 4.79 Å². The van der Waals surface area contributed by atoms with Crippen molar-refractivity contribution in [3.05, 3.63) is 71.6 Å². The molecule has 140 valence electrons. The van der Waals surface area contributed by atoms with Gasteiger partial charge in [-0.2, -0.15) is 4.98 Å². The standard InChI is InChI=1S/C20H23N5O2/c1-3-18-24-19(27-25-18)14(2)22-20(26)23-17-10-5-4-8-15(17)11-12-16-9-6-7-13-21-16/h4-10,13-14H,3,11-12H2,1-2H3,(H2,22,23,26)/t14-/m1/s1. The molecule has 2 N–H and O–H groups in total. The van der Waals surface area contributed by atoms with E-state index in [4.69, 9.17) is 4.52 Å². The largest absolute Gasteiger partial charge is 0.337 e. The number of nitrogens with zero attached hydrogens (tertiary/aromatic N) is 3. The fourth-order valence-electron chi connectivity index (χ4n) is 2.67. The van der Waals surface area contributed by atoms with E-state index in [0.29, 0.717) is 18.1 Å². The molecule has 7 nitrogen and oxygen atoms in total. The topological polar surface area (TPSA) is 92.9 Å². The number of carbonyl (C=O) groups excluding carboxylic acids is 1. The Labute approximate surface area is 158 Å². The predicted molar refractivity (Wildman–Crippen MR) is 102 cm³/mol. The van der Waals surface area contributed by atoms with Gasteiger partial charge in [-0.3, -0.25) is 4.98 Å². The second-order valence-electron chi connectivity index (χ2n) is 6.20. The molecule has 0 aliphatic rings. The van der Waals surface area contributed by atoms with Crippen LogP contribution in [-0.2, 0) is 19.3 Å². The zero-order valence-electron chi connectivity index (χ0n) is 15.5. The number of carbonyl (C=O) groups is 1. The van der Waals surface area contributed by atoms with E-state index in [1.165, 1.54) is 0 Å². The highest BCUT2D eigenvalue weighted by atomic mass is 16.5. The lowest BCUT2D eigenvalue weighted by Crippen LogP contribution is -2.31. The van der Waals surface area contributed by atoms with Crippen molar-refractivity contribution in [1.29, 1.82) is 0 Å². The summed E-state index contributed by atoms with van der Waals surface area (Å²) in [5.74, 6) is 1.02. The molecule has 2 aromatic heterocycles. The molecule has 2 amide bonds. The number of aryl methyl sites for hydroxylation is 3. The summed E-state index contributed by atoms with van der Waals surface area (Å²) in [6.07, 6.45) is 4.06. The summed E-state index contributed by atoms with van der Waals surface area (Å²) in [6.45, 7) is 3.75. The third-order valence-corrected chi connectivity index (χ3v) is 4.16. The summed E-state index contributed by atoms with van der Waals surface area (Å²) in [7, 11) is 0. The first-order valence-corrected chi connectivity index (χ1v) is 9.03. The van der Waals surface area contributed by atoms with Gasteiger partial charge < -0.3 is 15.2 Å². The lowest BCUT2D eigenvalue weighted by atomic mass is 10.1. The molecule has 0 bridgehead atoms. The zero-order valence-corrected chi connectivity index (χ0v) is 15.5. The Morgan fingerprint density at radius 2 is 1.96 bits per heavy atom. The minimum absolute atomic E-state index is 0.316. The predicted octanol–water partition coefficient (Wildman–Crippen LogP) is 3.69. The molecule has 0 aliphatic carbocycles. The number of rotatable bonds is 7. The van der Waals surface area contributed by atoms with Crippen LogP contribution in [-0.4, -0.2) is 21.2 Å². The van der Waals surface area contributed by atoms with Crippen molar-refractivity contribution in [2.75, 3.05) is 5.32 Å². The number of hydrogen-bond acceptors (Lipinski definition) is 5. The Morgan fingerprint density at radius 3 is 2.70 bits per heavy atom. The number of para-hydroxylation sites is 1. The molecule has 7 heteroatoms. The smallest absolute Gasteiger partial charge is 0.319 e. The number of hydrogen-bond donors (Lipinski definition) is 2. The van der Waals surface area contributed by atoms with Crippen LogP contribution < -0.4 is 10.6 Å². The minimum atomic E-state index is -0.376. The van der Waals surface area contributed by atoms with Crippen LogP contribution in [0.5, 0.6) is 0 Å². The molecular formula is C20H23N5O2. The molecule has 1 atom stereocenters. The summed E-state index contributed by atoms with van der Waals surface area (Å²) in [5.41, 5.74) is 2.85. The van der Waals surface area contributed by atoms with Crippen LogP contribution in [0.3, 0.4) is 0 Å². The van der Waals surface area contributed by atoms with E-state index in [1.807, 2.05) is 49.4 Å². The maximum Gasteiger partial charge on any atom is 0.319 e. The Kier molecular flexibility index (Phi) is 6.14. The number of pyridine rings is 1. The van der Waals surface area contributed by atoms with Gasteiger partial charge in [-0.25, -0.2) is 4.79 Å². The molecule has 27 heavy (non-hydrogen) atoms. The van der Waals surface area contributed by atoms with Gasteiger partial charge in [-0.05, 0) is 43.5 Å². The van der Waals surface area contributed by atoms with Gasteiger partial charge in [-0.1, -0.05) is 36.3 Å². The van der Waals surface area contributed by atoms with E-state index < -0.39 is 0 Å². The second kappa shape index (κ2) is 8.93. The Bertz CT molecular complexity index is 879. The first-order chi connectivity index (χ1) is 13.2. The number of benzene rings is 1. The molecule has 3 aromatic rings. The van der Waals surface area contributed by atoms with Gasteiger partial charge in [0.15, 0.2) is 5.82 Å². The van der Waals surface area contributed by atoms with Crippen LogP contribution in [0.1, 0.15) is 42.9 Å². The van der Waals surface area contributed by atoms with Gasteiger partial charge in [-0.15, -0.1) is 0 Å². The van der Waals surface area contributed by atoms with Crippen molar-refractivity contribution in [3.8, 4) is 0 Å². The van der Waals surface area contributed by atoms with Gasteiger partial charge in [0.2, 0.25) is 5.89 Å². The van der Waals surface area contributed by atoms with E-state index in [2.05, 4.69) is 25.8 Å². The summed E-state index contributed by atoms with van der Waals surface area (Å²) < 4.78 is 5.17. The fourth-order valence-corrected chi connectivity index (χ4v) is 2.67. The molecule has 0 spiro atoms. The Hall–Kier alpha value is -3.22. The number of urea groups is 1. The molecule has 0 saturated carbocycles. The molecule has 0 fully saturated rings. The highest BCUT2D eigenvalue weighted by Crippen LogP contribution is 2.18. The number of anilines is 1. The fraction of sp³-hybridized carbons (Fsp3) is 0.300. The Morgan fingerprint density at radius 1 is 1.15 bits per heavy atom. The molecule has 0 unspecified atom stereocenters. The van der Waals surface area contributed by atoms with E-state index in [-0.39, 0.29) is 12.1 Å². The quantitative estimate of drug-likeness (QED) is 0.666. The van der Waals surface area contributed by atoms with Crippen LogP contribution in [0.4, 0.5) is 10.5 Å². The van der Waals surface area contributed by atoms with Crippen molar-refractivity contribution >= 4 is 11.7 Å². The van der Waals surface area contributed by atoms with E-state index >= 15 is 0 Å². The molecular weight excluding hydrogens is 342 g/mol. The van der Waals surface area contributed by atoms with Crippen LogP contribution in [0.25, 0.3) is 0 Å². The minimum Gasteiger partial charge on any atom is -0.337 e. The zero-order chi connectivity index (χ0) is 19.1. The van der Waals surface area contributed by atoms with Gasteiger partial charge in [0.05, 0.1) is 0 Å². The Balaban J connectivity index is 1.60. The lowest BCUT2D eigenvalue weighted by molar-refractivity contribution is 0.245. The van der Waals surface area contributed by atoms with Gasteiger partial charge in [0.25, 0.3) is 0 Å². The summed E-state index contributed by atoms with van der Waals surface area (Å²) in [4.78, 5) is 21.0. The normalized spacial score (nSPS) is 11.8. The third kappa shape index (κ3) is 5.13. The first-order valence-electron chi connectivity index (χ1n) is 9.03. The number of aromatic nitrogens is 3. The van der Waals surface area contributed by atoms with Crippen LogP contribution in [0.15, 0.2) is 53.2 Å². The van der Waals surface area contributed by atoms with Gasteiger partial charge in [0.1, 0.15) is 6.04 Å². The number of nitrogens with one attached hydrogen (secondary N) is 2. The van der Waals surface area contributed by atoms with Crippen molar-refractivity contribution in [1.82, 2.24) is 20.4 Å². The molecule has 0 aliphatic heterocycles. The third-order valence-electron chi connectivity index (χ3n) is 4.16. The average molecular weight is 365 g/mol. The van der Waals surface area contributed by atoms with Crippen molar-refractivity contribution in [3.63, 3.8) is 0 Å². The van der Waals surface area contributed by atoms with Gasteiger partial charge in [0, 0.05) is 24.0 Å². The monoisotopic (exact) mass is 365 g/mol. The van der Waals surface area contributed by atoms with Crippen LogP contribution >= 0.6 is 0 Å². The van der Waals surface area contributed by atoms with Crippen molar-refractivity contribution < 1.29 is 9.32 Å². The molecule has 2 heterocycles. The molecule has 0 radical (unpaired) electrons. The maximum absolute atomic E-state index is 12.4. The lowest BCUT2D eigenvalue weighted by Gasteiger charge is -2.14. The summed E-state index contributed by atoms with van der Waals surface area (Å²) in [6, 6.07) is 12.9. The van der Waals surface area contributed by atoms with E-state index in [1.54, 1.807) is 13.1 Å². The van der Waals surface area contributed by atoms with E-state index in [0.717, 1.165) is 29.8 Å². The van der Waals surface area contributed by atoms with Crippen LogP contribution in [0.2, 0.25) is 0 Å².